The van der Waals surface area contributed by atoms with E-state index >= 15 is 0 Å². The summed E-state index contributed by atoms with van der Waals surface area (Å²) in [4.78, 5) is 61.2. The van der Waals surface area contributed by atoms with Crippen LogP contribution in [0.2, 0.25) is 0 Å². The Morgan fingerprint density at radius 2 is 1.16 bits per heavy atom. The number of nitrogens with two attached hydrogens (primary N) is 3. The lowest BCUT2D eigenvalue weighted by atomic mass is 10.1. The van der Waals surface area contributed by atoms with Gasteiger partial charge in [-0.05, 0) is 64.1 Å². The Morgan fingerprint density at radius 1 is 0.690 bits per heavy atom. The minimum atomic E-state index is -0.685. The fraction of sp³-hybridized carbons (Fsp3) is 0.282. The first-order valence-electron chi connectivity index (χ1n) is 18.4. The molecule has 19 heteroatoms. The number of hydrogen-bond acceptors (Lipinski definition) is 11. The molecule has 0 aliphatic heterocycles. The number of carbonyl (C=O) groups is 4. The average Bonchev–Trinajstić information content (AvgIpc) is 3.96. The number of aryl methyl sites for hydroxylation is 4. The number of fused-ring (bicyclic) bond motifs is 2. The number of nitrogens with one attached hydrogen (secondary N) is 2. The molecule has 0 spiro atoms. The Labute approximate surface area is 332 Å². The number of amides is 4. The second-order valence-electron chi connectivity index (χ2n) is 13.1. The molecule has 19 nitrogen and oxygen atoms in total. The molecule has 302 valence electrons. The molecule has 0 fully saturated rings. The lowest BCUT2D eigenvalue weighted by Gasteiger charge is -2.13. The van der Waals surface area contributed by atoms with Gasteiger partial charge >= 0.3 is 0 Å². The fourth-order valence-electron chi connectivity index (χ4n) is 6.49. The van der Waals surface area contributed by atoms with Crippen molar-refractivity contribution in [3.63, 3.8) is 0 Å². The standard InChI is InChI=1S/C39H45N13O6/c1-6-51-28(16-22(3)47-51)36(55)45-38-43-26-18-24(34(41)53)20-30(57-5)32(26)49(38)13-9-10-14-50-33-27(19-25(35(42)54)21-31(33)58-15-11-8-12-40)44-39(50)46-37(56)29-17-23(4)48-52(29)7-2/h8-11,16-21H,6-7,12-15,40H2,1-5H3,(H2,41,53)(H2,42,54)(H,43,45,55)(H,44,46,56)/b10-9+,11-8+. The third kappa shape index (κ3) is 8.28. The summed E-state index contributed by atoms with van der Waals surface area (Å²) in [5.74, 6) is -1.29. The number of aromatic nitrogens is 8. The summed E-state index contributed by atoms with van der Waals surface area (Å²) >= 11 is 0. The van der Waals surface area contributed by atoms with Gasteiger partial charge < -0.3 is 35.8 Å². The van der Waals surface area contributed by atoms with Crippen molar-refractivity contribution in [1.29, 1.82) is 0 Å². The van der Waals surface area contributed by atoms with Gasteiger partial charge in [-0.15, -0.1) is 0 Å². The minimum Gasteiger partial charge on any atom is -0.494 e. The predicted octanol–water partition coefficient (Wildman–Crippen LogP) is 3.30. The van der Waals surface area contributed by atoms with Crippen LogP contribution in [-0.4, -0.2) is 82.6 Å². The van der Waals surface area contributed by atoms with Gasteiger partial charge in [0.2, 0.25) is 23.7 Å². The van der Waals surface area contributed by atoms with Gasteiger partial charge in [0.15, 0.2) is 0 Å². The number of carbonyl (C=O) groups excluding carboxylic acids is 4. The van der Waals surface area contributed by atoms with Gasteiger partial charge in [-0.2, -0.15) is 10.2 Å². The van der Waals surface area contributed by atoms with Crippen LogP contribution in [0.4, 0.5) is 11.9 Å². The van der Waals surface area contributed by atoms with Gasteiger partial charge in [0, 0.05) is 43.9 Å². The van der Waals surface area contributed by atoms with Crippen molar-refractivity contribution in [2.24, 2.45) is 17.2 Å². The zero-order valence-corrected chi connectivity index (χ0v) is 32.8. The van der Waals surface area contributed by atoms with Gasteiger partial charge in [-0.1, -0.05) is 24.3 Å². The van der Waals surface area contributed by atoms with Crippen LogP contribution in [0, 0.1) is 13.8 Å². The molecular formula is C39H45N13O6. The lowest BCUT2D eigenvalue weighted by Crippen LogP contribution is -2.20. The predicted molar refractivity (Wildman–Crippen MR) is 217 cm³/mol. The molecule has 58 heavy (non-hydrogen) atoms. The SMILES string of the molecule is CCn1nc(C)cc1C(=O)Nc1nc2cc(C(N)=O)cc(OC)c2n1C/C=C/Cn1c(NC(=O)c2cc(C)nn2CC)nc2cc(C(N)=O)cc(OC/C=C/CN)c21. The lowest BCUT2D eigenvalue weighted by molar-refractivity contribution is 0.0991. The molecule has 0 unspecified atom stereocenters. The van der Waals surface area contributed by atoms with E-state index in [1.165, 1.54) is 31.4 Å². The summed E-state index contributed by atoms with van der Waals surface area (Å²) in [5, 5.41) is 14.6. The summed E-state index contributed by atoms with van der Waals surface area (Å²) in [6.07, 6.45) is 7.13. The Kier molecular flexibility index (Phi) is 12.0. The molecule has 2 aromatic carbocycles. The van der Waals surface area contributed by atoms with Gasteiger partial charge in [0.05, 0.1) is 29.5 Å². The maximum absolute atomic E-state index is 13.7. The maximum Gasteiger partial charge on any atom is 0.276 e. The molecule has 4 aromatic heterocycles. The first-order valence-corrected chi connectivity index (χ1v) is 18.4. The number of hydrogen-bond donors (Lipinski definition) is 5. The number of anilines is 2. The summed E-state index contributed by atoms with van der Waals surface area (Å²) in [5.41, 5.74) is 21.0. The normalized spacial score (nSPS) is 11.6. The number of primary amides is 2. The van der Waals surface area contributed by atoms with Gasteiger partial charge in [-0.25, -0.2) is 9.97 Å². The van der Waals surface area contributed by atoms with Gasteiger partial charge in [0.1, 0.15) is 40.5 Å². The molecule has 6 rings (SSSR count). The monoisotopic (exact) mass is 791 g/mol. The van der Waals surface area contributed by atoms with E-state index in [4.69, 9.17) is 31.7 Å². The molecular weight excluding hydrogens is 747 g/mol. The number of benzene rings is 2. The molecule has 0 aliphatic rings. The van der Waals surface area contributed by atoms with E-state index in [0.29, 0.717) is 76.0 Å². The summed E-state index contributed by atoms with van der Waals surface area (Å²) in [7, 11) is 1.46. The van der Waals surface area contributed by atoms with Crippen molar-refractivity contribution in [3.8, 4) is 11.5 Å². The third-order valence-corrected chi connectivity index (χ3v) is 9.10. The maximum atomic E-state index is 13.7. The first kappa shape index (κ1) is 40.4. The zero-order chi connectivity index (χ0) is 41.7. The molecule has 0 saturated carbocycles. The summed E-state index contributed by atoms with van der Waals surface area (Å²) < 4.78 is 18.4. The van der Waals surface area contributed by atoms with E-state index in [1.54, 1.807) is 56.6 Å². The Morgan fingerprint density at radius 3 is 1.59 bits per heavy atom. The highest BCUT2D eigenvalue weighted by molar-refractivity contribution is 6.05. The largest absolute Gasteiger partial charge is 0.494 e. The van der Waals surface area contributed by atoms with Crippen molar-refractivity contribution >= 4 is 57.6 Å². The minimum absolute atomic E-state index is 0.131. The molecule has 0 bridgehead atoms. The van der Waals surface area contributed by atoms with Crippen LogP contribution in [0.25, 0.3) is 22.1 Å². The van der Waals surface area contributed by atoms with Crippen molar-refractivity contribution < 1.29 is 28.7 Å². The van der Waals surface area contributed by atoms with Crippen LogP contribution >= 0.6 is 0 Å². The Balaban J connectivity index is 1.42. The highest BCUT2D eigenvalue weighted by Gasteiger charge is 2.23. The van der Waals surface area contributed by atoms with Gasteiger partial charge in [-0.3, -0.25) is 39.2 Å². The molecule has 0 aliphatic carbocycles. The number of imidazole rings is 2. The number of allylic oxidation sites excluding steroid dienone is 2. The molecule has 8 N–H and O–H groups in total. The van der Waals surface area contributed by atoms with Crippen molar-refractivity contribution in [1.82, 2.24) is 38.7 Å². The van der Waals surface area contributed by atoms with E-state index in [-0.39, 0.29) is 42.7 Å². The molecule has 0 atom stereocenters. The smallest absolute Gasteiger partial charge is 0.276 e. The number of nitrogens with zero attached hydrogens (tertiary/aromatic N) is 8. The third-order valence-electron chi connectivity index (χ3n) is 9.10. The van der Waals surface area contributed by atoms with Gasteiger partial charge in [0.25, 0.3) is 11.8 Å². The van der Waals surface area contributed by atoms with E-state index < -0.39 is 23.6 Å². The Hall–Kier alpha value is -7.28. The number of ether oxygens (including phenoxy) is 2. The number of rotatable bonds is 17. The van der Waals surface area contributed by atoms with Crippen molar-refractivity contribution in [2.75, 3.05) is 30.9 Å². The molecule has 0 saturated heterocycles. The Bertz CT molecular complexity index is 2610. The highest BCUT2D eigenvalue weighted by Crippen LogP contribution is 2.33. The summed E-state index contributed by atoms with van der Waals surface area (Å²) in [6.45, 7) is 9.04. The molecule has 4 heterocycles. The van der Waals surface area contributed by atoms with Crippen LogP contribution in [0.3, 0.4) is 0 Å². The van der Waals surface area contributed by atoms with Crippen LogP contribution in [-0.2, 0) is 26.2 Å². The molecule has 0 radical (unpaired) electrons. The molecule has 6 aromatic rings. The summed E-state index contributed by atoms with van der Waals surface area (Å²) in [6, 6.07) is 9.45. The average molecular weight is 792 g/mol. The van der Waals surface area contributed by atoms with Crippen molar-refractivity contribution in [3.05, 3.63) is 94.6 Å². The van der Waals surface area contributed by atoms with Crippen LogP contribution in [0.15, 0.2) is 60.7 Å². The van der Waals surface area contributed by atoms with E-state index in [9.17, 15) is 19.2 Å². The number of methoxy groups -OCH3 is 1. The topological polar surface area (TPSA) is 260 Å². The van der Waals surface area contributed by atoms with E-state index in [0.717, 1.165) is 0 Å². The molecule has 4 amide bonds. The quantitative estimate of drug-likeness (QED) is 0.0837. The second kappa shape index (κ2) is 17.2. The highest BCUT2D eigenvalue weighted by atomic mass is 16.5. The van der Waals surface area contributed by atoms with Crippen molar-refractivity contribution in [2.45, 2.75) is 53.9 Å². The van der Waals surface area contributed by atoms with Crippen LogP contribution in [0.1, 0.15) is 66.9 Å². The first-order chi connectivity index (χ1) is 27.9. The van der Waals surface area contributed by atoms with E-state index in [1.807, 2.05) is 26.0 Å². The zero-order valence-electron chi connectivity index (χ0n) is 32.8. The van der Waals surface area contributed by atoms with E-state index in [2.05, 4.69) is 25.8 Å². The van der Waals surface area contributed by atoms with Crippen LogP contribution in [0.5, 0.6) is 11.5 Å². The second-order valence-corrected chi connectivity index (χ2v) is 13.1. The van der Waals surface area contributed by atoms with Crippen LogP contribution < -0.4 is 37.3 Å². The fourth-order valence-corrected chi connectivity index (χ4v) is 6.49.